The summed E-state index contributed by atoms with van der Waals surface area (Å²) in [4.78, 5) is 12.6. The molecular formula is C16H20N4OS. The molecule has 0 radical (unpaired) electrons. The van der Waals surface area contributed by atoms with E-state index in [9.17, 15) is 4.79 Å². The fourth-order valence-corrected chi connectivity index (χ4v) is 3.06. The number of aryl methyl sites for hydroxylation is 1. The number of aromatic amines is 1. The van der Waals surface area contributed by atoms with E-state index in [1.54, 1.807) is 0 Å². The molecule has 1 aromatic carbocycles. The molecule has 1 atom stereocenters. The highest BCUT2D eigenvalue weighted by Crippen LogP contribution is 2.42. The topological polar surface area (TPSA) is 62.7 Å². The van der Waals surface area contributed by atoms with Crippen LogP contribution in [0.25, 0.3) is 0 Å². The van der Waals surface area contributed by atoms with Gasteiger partial charge in [0.25, 0.3) is 0 Å². The Hall–Kier alpha value is -1.95. The first-order valence-electron chi connectivity index (χ1n) is 7.61. The first-order valence-corrected chi connectivity index (χ1v) is 8.02. The number of aromatic nitrogens is 3. The van der Waals surface area contributed by atoms with Gasteiger partial charge in [-0.1, -0.05) is 30.3 Å². The maximum Gasteiger partial charge on any atom is 0.227 e. The van der Waals surface area contributed by atoms with Crippen LogP contribution in [0.15, 0.2) is 30.3 Å². The molecule has 0 unspecified atom stereocenters. The zero-order valence-electron chi connectivity index (χ0n) is 12.6. The van der Waals surface area contributed by atoms with Gasteiger partial charge in [0.05, 0.1) is 5.92 Å². The van der Waals surface area contributed by atoms with Crippen LogP contribution in [-0.4, -0.2) is 27.2 Å². The van der Waals surface area contributed by atoms with Crippen molar-refractivity contribution in [2.24, 2.45) is 5.92 Å². The minimum absolute atomic E-state index is 0.0281. The molecule has 1 heterocycles. The summed E-state index contributed by atoms with van der Waals surface area (Å²) in [6, 6.07) is 10.0. The quantitative estimate of drug-likeness (QED) is 0.805. The fourth-order valence-electron chi connectivity index (χ4n) is 2.79. The van der Waals surface area contributed by atoms with E-state index < -0.39 is 0 Å². The van der Waals surface area contributed by atoms with Crippen molar-refractivity contribution in [1.29, 1.82) is 0 Å². The number of hydrogen-bond acceptors (Lipinski definition) is 3. The van der Waals surface area contributed by atoms with E-state index in [1.165, 1.54) is 0 Å². The van der Waals surface area contributed by atoms with Crippen LogP contribution in [0, 0.1) is 17.6 Å². The monoisotopic (exact) mass is 316 g/mol. The molecule has 0 spiro atoms. The van der Waals surface area contributed by atoms with Crippen molar-refractivity contribution in [3.8, 4) is 0 Å². The van der Waals surface area contributed by atoms with Crippen LogP contribution < -0.4 is 5.32 Å². The molecule has 1 aliphatic rings. The molecule has 1 amide bonds. The van der Waals surface area contributed by atoms with Crippen LogP contribution in [0.2, 0.25) is 0 Å². The summed E-state index contributed by atoms with van der Waals surface area (Å²) in [5.74, 6) is 1.40. The standard InChI is InChI=1S/C16H20N4OS/c1-11-18-19-16(22)20(11)10-9-17-15(21)14(13-7-8-13)12-5-3-2-4-6-12/h2-6,13-14H,7-10H2,1H3,(H,17,21)(H,19,22)/t14-/m1/s1. The number of H-pyrrole nitrogens is 1. The minimum Gasteiger partial charge on any atom is -0.354 e. The van der Waals surface area contributed by atoms with Gasteiger partial charge in [0, 0.05) is 13.1 Å². The average molecular weight is 316 g/mol. The van der Waals surface area contributed by atoms with Gasteiger partial charge in [-0.25, -0.2) is 0 Å². The predicted molar refractivity (Wildman–Crippen MR) is 87.1 cm³/mol. The summed E-state index contributed by atoms with van der Waals surface area (Å²) in [5, 5.41) is 9.87. The molecule has 1 saturated carbocycles. The van der Waals surface area contributed by atoms with Crippen molar-refractivity contribution in [1.82, 2.24) is 20.1 Å². The summed E-state index contributed by atoms with van der Waals surface area (Å²) >= 11 is 5.16. The molecule has 1 fully saturated rings. The van der Waals surface area contributed by atoms with E-state index in [2.05, 4.69) is 15.5 Å². The predicted octanol–water partition coefficient (Wildman–Crippen LogP) is 2.56. The van der Waals surface area contributed by atoms with Gasteiger partial charge in [0.1, 0.15) is 5.82 Å². The number of nitrogens with zero attached hydrogens (tertiary/aromatic N) is 2. The van der Waals surface area contributed by atoms with Gasteiger partial charge >= 0.3 is 0 Å². The van der Waals surface area contributed by atoms with E-state index in [0.29, 0.717) is 23.8 Å². The maximum atomic E-state index is 12.6. The summed E-state index contributed by atoms with van der Waals surface area (Å²) in [7, 11) is 0. The summed E-state index contributed by atoms with van der Waals surface area (Å²) in [6.07, 6.45) is 2.28. The maximum absolute atomic E-state index is 12.6. The lowest BCUT2D eigenvalue weighted by atomic mass is 9.93. The largest absolute Gasteiger partial charge is 0.354 e. The highest BCUT2D eigenvalue weighted by molar-refractivity contribution is 7.71. The Morgan fingerprint density at radius 3 is 2.77 bits per heavy atom. The summed E-state index contributed by atoms with van der Waals surface area (Å²) in [6.45, 7) is 3.09. The van der Waals surface area contributed by atoms with Crippen LogP contribution in [0.4, 0.5) is 0 Å². The van der Waals surface area contributed by atoms with Crippen molar-refractivity contribution in [3.05, 3.63) is 46.5 Å². The van der Waals surface area contributed by atoms with Gasteiger partial charge in [0.15, 0.2) is 4.77 Å². The van der Waals surface area contributed by atoms with Crippen molar-refractivity contribution in [3.63, 3.8) is 0 Å². The van der Waals surface area contributed by atoms with Crippen molar-refractivity contribution < 1.29 is 4.79 Å². The van der Waals surface area contributed by atoms with Crippen molar-refractivity contribution >= 4 is 18.1 Å². The van der Waals surface area contributed by atoms with E-state index in [0.717, 1.165) is 24.2 Å². The van der Waals surface area contributed by atoms with Gasteiger partial charge in [-0.05, 0) is 43.5 Å². The third kappa shape index (κ3) is 3.27. The average Bonchev–Trinajstić information content (AvgIpc) is 3.30. The Labute approximate surface area is 134 Å². The molecule has 0 aliphatic heterocycles. The molecule has 1 aliphatic carbocycles. The number of amides is 1. The van der Waals surface area contributed by atoms with E-state index in [1.807, 2.05) is 41.8 Å². The highest BCUT2D eigenvalue weighted by Gasteiger charge is 2.36. The summed E-state index contributed by atoms with van der Waals surface area (Å²) < 4.78 is 2.48. The van der Waals surface area contributed by atoms with Gasteiger partial charge < -0.3 is 9.88 Å². The van der Waals surface area contributed by atoms with E-state index in [4.69, 9.17) is 12.2 Å². The molecular weight excluding hydrogens is 296 g/mol. The van der Waals surface area contributed by atoms with E-state index >= 15 is 0 Å². The van der Waals surface area contributed by atoms with Crippen LogP contribution in [0.1, 0.15) is 30.1 Å². The smallest absolute Gasteiger partial charge is 0.227 e. The Bertz CT molecular complexity index is 702. The third-order valence-electron chi connectivity index (χ3n) is 4.12. The van der Waals surface area contributed by atoms with Gasteiger partial charge in [-0.2, -0.15) is 5.10 Å². The first kappa shape index (κ1) is 15.0. The number of nitrogens with one attached hydrogen (secondary N) is 2. The van der Waals surface area contributed by atoms with Crippen LogP contribution >= 0.6 is 12.2 Å². The highest BCUT2D eigenvalue weighted by atomic mass is 32.1. The van der Waals surface area contributed by atoms with Crippen LogP contribution in [0.3, 0.4) is 0 Å². The number of rotatable bonds is 6. The molecule has 2 N–H and O–H groups in total. The number of carbonyl (C=O) groups excluding carboxylic acids is 1. The van der Waals surface area contributed by atoms with Crippen molar-refractivity contribution in [2.45, 2.75) is 32.2 Å². The lowest BCUT2D eigenvalue weighted by molar-refractivity contribution is -0.123. The second kappa shape index (κ2) is 6.44. The molecule has 6 heteroatoms. The second-order valence-electron chi connectivity index (χ2n) is 5.74. The first-order chi connectivity index (χ1) is 10.7. The van der Waals surface area contributed by atoms with E-state index in [-0.39, 0.29) is 11.8 Å². The lowest BCUT2D eigenvalue weighted by Gasteiger charge is -2.17. The van der Waals surface area contributed by atoms with Crippen LogP contribution in [-0.2, 0) is 11.3 Å². The molecule has 3 rings (SSSR count). The van der Waals surface area contributed by atoms with Gasteiger partial charge in [0.2, 0.25) is 5.91 Å². The Kier molecular flexibility index (Phi) is 4.38. The lowest BCUT2D eigenvalue weighted by Crippen LogP contribution is -2.33. The van der Waals surface area contributed by atoms with Gasteiger partial charge in [-0.3, -0.25) is 9.89 Å². The van der Waals surface area contributed by atoms with Gasteiger partial charge in [-0.15, -0.1) is 0 Å². The zero-order valence-corrected chi connectivity index (χ0v) is 13.4. The second-order valence-corrected chi connectivity index (χ2v) is 6.13. The minimum atomic E-state index is -0.0281. The molecule has 116 valence electrons. The Balaban J connectivity index is 1.62. The fraction of sp³-hybridized carbons (Fsp3) is 0.438. The Morgan fingerprint density at radius 1 is 1.45 bits per heavy atom. The summed E-state index contributed by atoms with van der Waals surface area (Å²) in [5.41, 5.74) is 1.11. The number of benzene rings is 1. The normalized spacial score (nSPS) is 15.5. The molecule has 0 saturated heterocycles. The SMILES string of the molecule is Cc1n[nH]c(=S)n1CCNC(=O)[C@H](c1ccccc1)C1CC1. The number of carbonyl (C=O) groups is 1. The van der Waals surface area contributed by atoms with Crippen LogP contribution in [0.5, 0.6) is 0 Å². The molecule has 0 bridgehead atoms. The Morgan fingerprint density at radius 2 is 2.18 bits per heavy atom. The molecule has 5 nitrogen and oxygen atoms in total. The molecule has 2 aromatic rings. The molecule has 22 heavy (non-hydrogen) atoms. The molecule has 1 aromatic heterocycles. The number of hydrogen-bond donors (Lipinski definition) is 2. The van der Waals surface area contributed by atoms with Crippen molar-refractivity contribution in [2.75, 3.05) is 6.54 Å². The zero-order chi connectivity index (χ0) is 15.5. The third-order valence-corrected chi connectivity index (χ3v) is 4.43.